The largest absolute Gasteiger partial charge is 0.494 e. The zero-order chi connectivity index (χ0) is 13.5. The molecule has 0 unspecified atom stereocenters. The van der Waals surface area contributed by atoms with Gasteiger partial charge in [0.05, 0.1) is 12.8 Å². The maximum Gasteiger partial charge on any atom is 0.145 e. The van der Waals surface area contributed by atoms with Crippen LogP contribution in [0.1, 0.15) is 18.4 Å². The molecule has 2 aliphatic rings. The van der Waals surface area contributed by atoms with Gasteiger partial charge in [-0.3, -0.25) is 0 Å². The van der Waals surface area contributed by atoms with E-state index in [2.05, 4.69) is 24.1 Å². The van der Waals surface area contributed by atoms with Gasteiger partial charge in [0.15, 0.2) is 0 Å². The number of piperidine rings is 1. The molecule has 0 atom stereocenters. The van der Waals surface area contributed by atoms with E-state index in [0.717, 1.165) is 37.2 Å². The number of nitrogen functional groups attached to an aromatic ring is 1. The predicted molar refractivity (Wildman–Crippen MR) is 76.5 cm³/mol. The predicted octanol–water partition coefficient (Wildman–Crippen LogP) is 2.15. The third-order valence-electron chi connectivity index (χ3n) is 4.08. The van der Waals surface area contributed by atoms with Gasteiger partial charge in [-0.05, 0) is 19.2 Å². The van der Waals surface area contributed by atoms with Crippen molar-refractivity contribution in [2.75, 3.05) is 33.0 Å². The first-order valence-corrected chi connectivity index (χ1v) is 6.66. The molecule has 2 aliphatic heterocycles. The van der Waals surface area contributed by atoms with Crippen molar-refractivity contribution < 1.29 is 9.47 Å². The van der Waals surface area contributed by atoms with Gasteiger partial charge in [0.1, 0.15) is 17.1 Å². The maximum absolute atomic E-state index is 6.26. The lowest BCUT2D eigenvalue weighted by atomic mass is 9.88. The Bertz CT molecular complexity index is 517. The second-order valence-electron chi connectivity index (χ2n) is 5.44. The normalized spacial score (nSPS) is 20.9. The van der Waals surface area contributed by atoms with Crippen LogP contribution >= 0.6 is 0 Å². The van der Waals surface area contributed by atoms with Crippen LogP contribution in [-0.2, 0) is 0 Å². The number of rotatable bonds is 1. The van der Waals surface area contributed by atoms with E-state index in [4.69, 9.17) is 15.2 Å². The lowest BCUT2D eigenvalue weighted by Gasteiger charge is -2.41. The molecule has 2 N–H and O–H groups in total. The summed E-state index contributed by atoms with van der Waals surface area (Å²) in [6, 6.07) is 3.81. The Morgan fingerprint density at radius 1 is 1.32 bits per heavy atom. The molecule has 0 saturated carbocycles. The Morgan fingerprint density at radius 2 is 2.05 bits per heavy atom. The molecule has 0 aliphatic carbocycles. The van der Waals surface area contributed by atoms with E-state index in [1.807, 2.05) is 12.1 Å². The van der Waals surface area contributed by atoms with E-state index in [1.54, 1.807) is 7.11 Å². The molecule has 3 rings (SSSR count). The van der Waals surface area contributed by atoms with Crippen molar-refractivity contribution in [2.45, 2.75) is 18.4 Å². The van der Waals surface area contributed by atoms with Gasteiger partial charge >= 0.3 is 0 Å². The summed E-state index contributed by atoms with van der Waals surface area (Å²) in [5, 5.41) is 0. The molecule has 2 heterocycles. The number of nitrogens with zero attached hydrogens (tertiary/aromatic N) is 1. The molecule has 0 amide bonds. The molecular weight excluding hydrogens is 240 g/mol. The van der Waals surface area contributed by atoms with Gasteiger partial charge in [-0.25, -0.2) is 0 Å². The van der Waals surface area contributed by atoms with E-state index in [1.165, 1.54) is 0 Å². The highest BCUT2D eigenvalue weighted by molar-refractivity contribution is 5.70. The summed E-state index contributed by atoms with van der Waals surface area (Å²) in [7, 11) is 3.78. The molecule has 19 heavy (non-hydrogen) atoms. The number of fused-ring (bicyclic) bond motifs is 1. The first-order valence-electron chi connectivity index (χ1n) is 6.66. The van der Waals surface area contributed by atoms with Crippen LogP contribution in [0.4, 0.5) is 5.69 Å². The molecule has 102 valence electrons. The fourth-order valence-corrected chi connectivity index (χ4v) is 2.75. The van der Waals surface area contributed by atoms with Crippen LogP contribution in [-0.4, -0.2) is 37.7 Å². The number of hydrogen-bond donors (Lipinski definition) is 1. The zero-order valence-electron chi connectivity index (χ0n) is 11.5. The summed E-state index contributed by atoms with van der Waals surface area (Å²) in [6.07, 6.45) is 6.35. The summed E-state index contributed by atoms with van der Waals surface area (Å²) < 4.78 is 11.5. The van der Waals surface area contributed by atoms with Crippen molar-refractivity contribution in [3.63, 3.8) is 0 Å². The highest BCUT2D eigenvalue weighted by Gasteiger charge is 2.36. The summed E-state index contributed by atoms with van der Waals surface area (Å²) in [5.41, 5.74) is 7.45. The summed E-state index contributed by atoms with van der Waals surface area (Å²) in [6.45, 7) is 2.12. The molecule has 1 saturated heterocycles. The first kappa shape index (κ1) is 12.4. The number of nitrogens with two attached hydrogens (primary N) is 1. The molecule has 4 nitrogen and oxygen atoms in total. The number of anilines is 1. The minimum atomic E-state index is -0.152. The Kier molecular flexibility index (Phi) is 2.90. The topological polar surface area (TPSA) is 47.7 Å². The second-order valence-corrected chi connectivity index (χ2v) is 5.44. The fraction of sp³-hybridized carbons (Fsp3) is 0.467. The molecule has 0 aromatic heterocycles. The first-order chi connectivity index (χ1) is 9.12. The molecule has 4 heteroatoms. The van der Waals surface area contributed by atoms with Crippen LogP contribution in [0, 0.1) is 0 Å². The van der Waals surface area contributed by atoms with Gasteiger partial charge in [0.25, 0.3) is 0 Å². The zero-order valence-corrected chi connectivity index (χ0v) is 11.5. The van der Waals surface area contributed by atoms with E-state index in [-0.39, 0.29) is 5.60 Å². The van der Waals surface area contributed by atoms with Gasteiger partial charge in [-0.15, -0.1) is 0 Å². The third kappa shape index (κ3) is 2.16. The summed E-state index contributed by atoms with van der Waals surface area (Å²) >= 11 is 0. The third-order valence-corrected chi connectivity index (χ3v) is 4.08. The van der Waals surface area contributed by atoms with Crippen molar-refractivity contribution in [1.82, 2.24) is 4.90 Å². The number of hydrogen-bond acceptors (Lipinski definition) is 4. The van der Waals surface area contributed by atoms with Crippen molar-refractivity contribution in [3.05, 3.63) is 23.8 Å². The molecule has 1 fully saturated rings. The average molecular weight is 260 g/mol. The van der Waals surface area contributed by atoms with Crippen molar-refractivity contribution >= 4 is 11.8 Å². The molecular formula is C15H20N2O2. The molecule has 1 aromatic carbocycles. The van der Waals surface area contributed by atoms with Crippen molar-refractivity contribution in [2.24, 2.45) is 0 Å². The SMILES string of the molecule is COc1cc2c(cc1N)C=CC1(CCN(C)CC1)O2. The second kappa shape index (κ2) is 4.46. The van der Waals surface area contributed by atoms with Crippen LogP contribution in [0.25, 0.3) is 6.08 Å². The number of benzene rings is 1. The molecule has 0 radical (unpaired) electrons. The van der Waals surface area contributed by atoms with Gasteiger partial charge < -0.3 is 20.1 Å². The van der Waals surface area contributed by atoms with Gasteiger partial charge in [-0.2, -0.15) is 0 Å². The number of likely N-dealkylation sites (tertiary alicyclic amines) is 1. The van der Waals surface area contributed by atoms with Crippen LogP contribution in [0.5, 0.6) is 11.5 Å². The number of methoxy groups -OCH3 is 1. The Labute approximate surface area is 113 Å². The molecule has 0 bridgehead atoms. The van der Waals surface area contributed by atoms with E-state index in [9.17, 15) is 0 Å². The quantitative estimate of drug-likeness (QED) is 0.786. The average Bonchev–Trinajstić information content (AvgIpc) is 2.42. The monoisotopic (exact) mass is 260 g/mol. The Hall–Kier alpha value is -1.68. The Morgan fingerprint density at radius 3 is 2.74 bits per heavy atom. The summed E-state index contributed by atoms with van der Waals surface area (Å²) in [4.78, 5) is 2.33. The smallest absolute Gasteiger partial charge is 0.145 e. The van der Waals surface area contributed by atoms with E-state index in [0.29, 0.717) is 11.4 Å². The van der Waals surface area contributed by atoms with E-state index >= 15 is 0 Å². The van der Waals surface area contributed by atoms with Crippen LogP contribution in [0.3, 0.4) is 0 Å². The van der Waals surface area contributed by atoms with Crippen LogP contribution in [0.15, 0.2) is 18.2 Å². The van der Waals surface area contributed by atoms with E-state index < -0.39 is 0 Å². The maximum atomic E-state index is 6.26. The summed E-state index contributed by atoms with van der Waals surface area (Å²) in [5.74, 6) is 1.55. The molecule has 1 spiro atoms. The lowest BCUT2D eigenvalue weighted by molar-refractivity contribution is 0.0471. The minimum absolute atomic E-state index is 0.152. The highest BCUT2D eigenvalue weighted by atomic mass is 16.5. The van der Waals surface area contributed by atoms with Gasteiger partial charge in [-0.1, -0.05) is 6.08 Å². The minimum Gasteiger partial charge on any atom is -0.494 e. The number of ether oxygens (including phenoxy) is 2. The highest BCUT2D eigenvalue weighted by Crippen LogP contribution is 2.40. The standard InChI is InChI=1S/C15H20N2O2/c1-17-7-5-15(6-8-17)4-3-11-9-12(16)14(18-2)10-13(11)19-15/h3-4,9-10H,5-8,16H2,1-2H3. The Balaban J connectivity index is 1.91. The van der Waals surface area contributed by atoms with Gasteiger partial charge in [0.2, 0.25) is 0 Å². The van der Waals surface area contributed by atoms with Crippen LogP contribution in [0.2, 0.25) is 0 Å². The molecule has 1 aromatic rings. The lowest BCUT2D eigenvalue weighted by Crippen LogP contribution is -2.46. The van der Waals surface area contributed by atoms with Crippen molar-refractivity contribution in [1.29, 1.82) is 0 Å². The van der Waals surface area contributed by atoms with Crippen LogP contribution < -0.4 is 15.2 Å². The van der Waals surface area contributed by atoms with Crippen molar-refractivity contribution in [3.8, 4) is 11.5 Å². The fourth-order valence-electron chi connectivity index (χ4n) is 2.75. The van der Waals surface area contributed by atoms with Gasteiger partial charge in [0, 0.05) is 37.6 Å².